The Labute approximate surface area is 126 Å². The number of hydrogen-bond donors (Lipinski definition) is 1. The number of aromatic nitrogens is 2. The molecule has 20 heavy (non-hydrogen) atoms. The van der Waals surface area contributed by atoms with Crippen molar-refractivity contribution in [1.29, 1.82) is 0 Å². The van der Waals surface area contributed by atoms with Crippen molar-refractivity contribution >= 4 is 33.5 Å². The van der Waals surface area contributed by atoms with Crippen LogP contribution in [-0.2, 0) is 13.0 Å². The van der Waals surface area contributed by atoms with Gasteiger partial charge in [-0.1, -0.05) is 6.07 Å². The number of nitrogens with zero attached hydrogens (tertiary/aromatic N) is 3. The maximum absolute atomic E-state index is 5.99. The average Bonchev–Trinajstić information content (AvgIpc) is 3.06. The second kappa shape index (κ2) is 5.55. The van der Waals surface area contributed by atoms with Crippen LogP contribution < -0.4 is 10.6 Å². The maximum atomic E-state index is 5.99. The van der Waals surface area contributed by atoms with Crippen molar-refractivity contribution in [3.8, 4) is 0 Å². The van der Waals surface area contributed by atoms with E-state index in [1.54, 1.807) is 22.7 Å². The molecule has 0 bridgehead atoms. The predicted octanol–water partition coefficient (Wildman–Crippen LogP) is 2.98. The summed E-state index contributed by atoms with van der Waals surface area (Å²) in [4.78, 5) is 9.35. The zero-order valence-corrected chi connectivity index (χ0v) is 13.2. The second-order valence-corrected chi connectivity index (χ2v) is 6.96. The van der Waals surface area contributed by atoms with Crippen LogP contribution in [0.15, 0.2) is 29.1 Å². The van der Waals surface area contributed by atoms with Gasteiger partial charge >= 0.3 is 0 Å². The maximum Gasteiger partial charge on any atom is 0.195 e. The van der Waals surface area contributed by atoms with Gasteiger partial charge in [0.05, 0.1) is 12.2 Å². The number of imidazole rings is 1. The minimum Gasteiger partial charge on any atom is -0.353 e. The predicted molar refractivity (Wildman–Crippen MR) is 86.8 cm³/mol. The number of fused-ring (bicyclic) bond motifs is 1. The number of hydrogen-bond acceptors (Lipinski definition) is 5. The number of anilines is 1. The number of thiazole rings is 1. The molecule has 106 valence electrons. The van der Waals surface area contributed by atoms with Crippen LogP contribution >= 0.6 is 22.7 Å². The number of nitrogens with two attached hydrogens (primary N) is 1. The Morgan fingerprint density at radius 2 is 2.25 bits per heavy atom. The van der Waals surface area contributed by atoms with Gasteiger partial charge in [-0.25, -0.2) is 4.98 Å². The van der Waals surface area contributed by atoms with Gasteiger partial charge in [0.15, 0.2) is 10.8 Å². The molecular weight excluding hydrogens is 288 g/mol. The van der Waals surface area contributed by atoms with Gasteiger partial charge in [0, 0.05) is 36.0 Å². The van der Waals surface area contributed by atoms with Crippen molar-refractivity contribution in [3.05, 3.63) is 39.7 Å². The Balaban J connectivity index is 1.94. The van der Waals surface area contributed by atoms with E-state index in [4.69, 9.17) is 10.7 Å². The zero-order chi connectivity index (χ0) is 14.1. The lowest BCUT2D eigenvalue weighted by atomic mass is 10.2. The van der Waals surface area contributed by atoms with E-state index >= 15 is 0 Å². The topological polar surface area (TPSA) is 46.6 Å². The van der Waals surface area contributed by atoms with E-state index in [1.807, 2.05) is 6.92 Å². The van der Waals surface area contributed by atoms with Crippen molar-refractivity contribution < 1.29 is 0 Å². The minimum absolute atomic E-state index is 0.128. The Kier molecular flexibility index (Phi) is 3.78. The van der Waals surface area contributed by atoms with E-state index in [0.717, 1.165) is 23.7 Å². The number of rotatable bonds is 5. The van der Waals surface area contributed by atoms with Crippen molar-refractivity contribution in [2.24, 2.45) is 5.73 Å². The molecule has 0 radical (unpaired) electrons. The van der Waals surface area contributed by atoms with Crippen LogP contribution in [0.5, 0.6) is 0 Å². The highest BCUT2D eigenvalue weighted by Gasteiger charge is 2.18. The molecule has 0 aliphatic carbocycles. The fourth-order valence-electron chi connectivity index (χ4n) is 2.33. The van der Waals surface area contributed by atoms with Crippen molar-refractivity contribution in [2.45, 2.75) is 25.9 Å². The average molecular weight is 306 g/mol. The first kappa shape index (κ1) is 13.6. The van der Waals surface area contributed by atoms with Crippen LogP contribution in [0.3, 0.4) is 0 Å². The van der Waals surface area contributed by atoms with E-state index in [1.165, 1.54) is 10.6 Å². The SMILES string of the molecule is CC(N)Cc1c(N(C)Cc2cccs2)nc2sccn12. The molecule has 0 aliphatic rings. The Bertz CT molecular complexity index is 681. The molecule has 0 saturated heterocycles. The van der Waals surface area contributed by atoms with Crippen LogP contribution in [-0.4, -0.2) is 22.5 Å². The molecule has 2 N–H and O–H groups in total. The highest BCUT2D eigenvalue weighted by Crippen LogP contribution is 2.26. The lowest BCUT2D eigenvalue weighted by Gasteiger charge is -2.18. The van der Waals surface area contributed by atoms with Crippen LogP contribution in [0.4, 0.5) is 5.82 Å². The van der Waals surface area contributed by atoms with E-state index in [-0.39, 0.29) is 6.04 Å². The van der Waals surface area contributed by atoms with Gasteiger partial charge in [-0.15, -0.1) is 22.7 Å². The first-order valence-electron chi connectivity index (χ1n) is 6.58. The third-order valence-corrected chi connectivity index (χ3v) is 4.81. The van der Waals surface area contributed by atoms with E-state index < -0.39 is 0 Å². The Morgan fingerprint density at radius 1 is 1.40 bits per heavy atom. The second-order valence-electron chi connectivity index (χ2n) is 5.05. The first-order chi connectivity index (χ1) is 9.65. The van der Waals surface area contributed by atoms with Crippen molar-refractivity contribution in [1.82, 2.24) is 9.38 Å². The molecule has 0 amide bonds. The van der Waals surface area contributed by atoms with E-state index in [9.17, 15) is 0 Å². The summed E-state index contributed by atoms with van der Waals surface area (Å²) in [5.74, 6) is 1.04. The summed E-state index contributed by atoms with van der Waals surface area (Å²) >= 11 is 3.44. The van der Waals surface area contributed by atoms with Gasteiger partial charge in [0.25, 0.3) is 0 Å². The van der Waals surface area contributed by atoms with Gasteiger partial charge < -0.3 is 10.6 Å². The molecule has 3 rings (SSSR count). The van der Waals surface area contributed by atoms with Crippen molar-refractivity contribution in [2.75, 3.05) is 11.9 Å². The molecule has 6 heteroatoms. The van der Waals surface area contributed by atoms with Crippen LogP contribution in [0, 0.1) is 0 Å². The first-order valence-corrected chi connectivity index (χ1v) is 8.34. The molecule has 0 fully saturated rings. The molecular formula is C14H18N4S2. The zero-order valence-electron chi connectivity index (χ0n) is 11.6. The monoisotopic (exact) mass is 306 g/mol. The molecule has 1 unspecified atom stereocenters. The Hall–Kier alpha value is -1.37. The number of thiophene rings is 1. The fraction of sp³-hybridized carbons (Fsp3) is 0.357. The molecule has 1 atom stereocenters. The largest absolute Gasteiger partial charge is 0.353 e. The van der Waals surface area contributed by atoms with Crippen molar-refractivity contribution in [3.63, 3.8) is 0 Å². The smallest absolute Gasteiger partial charge is 0.195 e. The van der Waals surface area contributed by atoms with E-state index in [2.05, 4.69) is 45.4 Å². The van der Waals surface area contributed by atoms with E-state index in [0.29, 0.717) is 0 Å². The summed E-state index contributed by atoms with van der Waals surface area (Å²) in [5.41, 5.74) is 7.20. The molecule has 3 heterocycles. The normalized spacial score (nSPS) is 12.9. The Morgan fingerprint density at radius 3 is 2.95 bits per heavy atom. The summed E-state index contributed by atoms with van der Waals surface area (Å²) in [6.07, 6.45) is 2.91. The summed E-state index contributed by atoms with van der Waals surface area (Å²) in [6, 6.07) is 4.37. The fourth-order valence-corrected chi connectivity index (χ4v) is 3.82. The highest BCUT2D eigenvalue weighted by molar-refractivity contribution is 7.15. The van der Waals surface area contributed by atoms with Gasteiger partial charge in [0.2, 0.25) is 0 Å². The summed E-state index contributed by atoms with van der Waals surface area (Å²) in [5, 5.41) is 4.17. The minimum atomic E-state index is 0.128. The molecule has 3 aromatic rings. The molecule has 3 aromatic heterocycles. The van der Waals surface area contributed by atoms with Crippen LogP contribution in [0.1, 0.15) is 17.5 Å². The lowest BCUT2D eigenvalue weighted by molar-refractivity contribution is 0.714. The van der Waals surface area contributed by atoms with Gasteiger partial charge in [0.1, 0.15) is 0 Å². The highest BCUT2D eigenvalue weighted by atomic mass is 32.1. The molecule has 4 nitrogen and oxygen atoms in total. The summed E-state index contributed by atoms with van der Waals surface area (Å²) < 4.78 is 2.16. The molecule has 0 aliphatic heterocycles. The van der Waals surface area contributed by atoms with Gasteiger partial charge in [-0.2, -0.15) is 0 Å². The lowest BCUT2D eigenvalue weighted by Crippen LogP contribution is -2.22. The third-order valence-electron chi connectivity index (χ3n) is 3.19. The standard InChI is InChI=1S/C14H18N4S2/c1-10(15)8-12-13(16-14-18(12)5-7-20-14)17(2)9-11-4-3-6-19-11/h3-7,10H,8-9,15H2,1-2H3. The molecule has 0 aromatic carbocycles. The quantitative estimate of drug-likeness (QED) is 0.788. The summed E-state index contributed by atoms with van der Waals surface area (Å²) in [7, 11) is 2.09. The third kappa shape index (κ3) is 2.59. The van der Waals surface area contributed by atoms with Crippen LogP contribution in [0.25, 0.3) is 4.96 Å². The summed E-state index contributed by atoms with van der Waals surface area (Å²) in [6.45, 7) is 2.92. The molecule has 0 saturated carbocycles. The van der Waals surface area contributed by atoms with Gasteiger partial charge in [-0.3, -0.25) is 4.40 Å². The molecule has 0 spiro atoms. The van der Waals surface area contributed by atoms with Crippen LogP contribution in [0.2, 0.25) is 0 Å². The van der Waals surface area contributed by atoms with Gasteiger partial charge in [-0.05, 0) is 18.4 Å².